The molecule has 0 aromatic heterocycles. The third kappa shape index (κ3) is 2.83. The molecule has 1 fully saturated rings. The van der Waals surface area contributed by atoms with Crippen molar-refractivity contribution >= 4 is 5.91 Å². The zero-order valence-electron chi connectivity index (χ0n) is 12.1. The fraction of sp³-hybridized carbons (Fsp3) is 0.533. The van der Waals surface area contributed by atoms with E-state index in [0.29, 0.717) is 18.7 Å². The van der Waals surface area contributed by atoms with Gasteiger partial charge in [-0.1, -0.05) is 32.0 Å². The summed E-state index contributed by atoms with van der Waals surface area (Å²) in [7, 11) is 1.59. The average molecular weight is 280 g/mol. The first-order valence-corrected chi connectivity index (χ1v) is 6.86. The second-order valence-electron chi connectivity index (χ2n) is 5.34. The molecule has 1 amide bonds. The molecular weight excluding hydrogens is 259 g/mol. The number of benzene rings is 1. The predicted octanol–water partition coefficient (Wildman–Crippen LogP) is 1.93. The molecule has 1 aliphatic heterocycles. The molecule has 110 valence electrons. The predicted molar refractivity (Wildman–Crippen MR) is 74.5 cm³/mol. The molecule has 5 heteroatoms. The second kappa shape index (κ2) is 6.33. The summed E-state index contributed by atoms with van der Waals surface area (Å²) in [5.74, 6) is -0.140. The Morgan fingerprint density at radius 2 is 2.10 bits per heavy atom. The molecular formula is C15H21FN2O2. The van der Waals surface area contributed by atoms with Gasteiger partial charge in [0.25, 0.3) is 0 Å². The quantitative estimate of drug-likeness (QED) is 0.896. The van der Waals surface area contributed by atoms with Gasteiger partial charge in [0.15, 0.2) is 0 Å². The van der Waals surface area contributed by atoms with Gasteiger partial charge in [0.2, 0.25) is 5.91 Å². The maximum atomic E-state index is 14.0. The Morgan fingerprint density at radius 3 is 2.70 bits per heavy atom. The Kier molecular flexibility index (Phi) is 4.73. The molecule has 1 aliphatic rings. The van der Waals surface area contributed by atoms with E-state index < -0.39 is 6.17 Å². The third-order valence-electron chi connectivity index (χ3n) is 3.60. The van der Waals surface area contributed by atoms with Gasteiger partial charge in [-0.25, -0.2) is 4.39 Å². The zero-order valence-corrected chi connectivity index (χ0v) is 12.1. The first-order valence-electron chi connectivity index (χ1n) is 6.86. The number of methoxy groups -OCH3 is 1. The van der Waals surface area contributed by atoms with Crippen LogP contribution in [-0.2, 0) is 9.53 Å². The molecule has 1 heterocycles. The molecule has 2 rings (SSSR count). The molecule has 1 aromatic carbocycles. The molecule has 2 atom stereocenters. The number of carbonyl (C=O) groups excluding carboxylic acids is 1. The molecule has 0 radical (unpaired) electrons. The summed E-state index contributed by atoms with van der Waals surface area (Å²) in [5.41, 5.74) is 0.500. The Labute approximate surface area is 118 Å². The highest BCUT2D eigenvalue weighted by Crippen LogP contribution is 2.29. The second-order valence-corrected chi connectivity index (χ2v) is 5.34. The first kappa shape index (κ1) is 14.9. The van der Waals surface area contributed by atoms with Crippen LogP contribution in [-0.4, -0.2) is 37.1 Å². The summed E-state index contributed by atoms with van der Waals surface area (Å²) in [5, 5.41) is 3.24. The zero-order chi connectivity index (χ0) is 14.7. The van der Waals surface area contributed by atoms with Gasteiger partial charge in [-0.15, -0.1) is 0 Å². The van der Waals surface area contributed by atoms with Crippen LogP contribution in [0, 0.1) is 11.7 Å². The summed E-state index contributed by atoms with van der Waals surface area (Å²) in [6, 6.07) is 6.27. The Morgan fingerprint density at radius 1 is 1.40 bits per heavy atom. The maximum Gasteiger partial charge on any atom is 0.241 e. The lowest BCUT2D eigenvalue weighted by Gasteiger charge is -2.24. The van der Waals surface area contributed by atoms with Crippen LogP contribution in [0.15, 0.2) is 24.3 Å². The van der Waals surface area contributed by atoms with Crippen molar-refractivity contribution in [1.82, 2.24) is 10.2 Å². The lowest BCUT2D eigenvalue weighted by Crippen LogP contribution is -2.35. The monoisotopic (exact) mass is 280 g/mol. The van der Waals surface area contributed by atoms with E-state index in [-0.39, 0.29) is 23.7 Å². The van der Waals surface area contributed by atoms with Crippen LogP contribution in [0.4, 0.5) is 4.39 Å². The minimum absolute atomic E-state index is 0.00491. The van der Waals surface area contributed by atoms with Gasteiger partial charge in [-0.2, -0.15) is 0 Å². The van der Waals surface area contributed by atoms with Crippen LogP contribution in [0.3, 0.4) is 0 Å². The number of hydrogen-bond acceptors (Lipinski definition) is 3. The van der Waals surface area contributed by atoms with Gasteiger partial charge in [0, 0.05) is 19.2 Å². The van der Waals surface area contributed by atoms with Crippen molar-refractivity contribution in [2.45, 2.75) is 26.1 Å². The number of rotatable bonds is 5. The summed E-state index contributed by atoms with van der Waals surface area (Å²) < 4.78 is 19.0. The van der Waals surface area contributed by atoms with Gasteiger partial charge < -0.3 is 9.64 Å². The van der Waals surface area contributed by atoms with E-state index in [1.54, 1.807) is 30.2 Å². The standard InChI is InChI=1S/C15H21FN2O2/c1-10(2)13-15(19)18(8-9-20-3)14(17-13)11-6-4-5-7-12(11)16/h4-7,10,13-14,17H,8-9H2,1-3H3. The molecule has 0 saturated carbocycles. The molecule has 1 saturated heterocycles. The summed E-state index contributed by atoms with van der Waals surface area (Å²) in [6.07, 6.45) is -0.425. The smallest absolute Gasteiger partial charge is 0.241 e. The molecule has 0 spiro atoms. The fourth-order valence-corrected chi connectivity index (χ4v) is 2.50. The minimum atomic E-state index is -0.425. The van der Waals surface area contributed by atoms with E-state index in [1.807, 2.05) is 13.8 Å². The Balaban J connectivity index is 2.29. The van der Waals surface area contributed by atoms with Crippen molar-refractivity contribution in [1.29, 1.82) is 0 Å². The number of nitrogens with zero attached hydrogens (tertiary/aromatic N) is 1. The van der Waals surface area contributed by atoms with E-state index in [2.05, 4.69) is 5.32 Å². The van der Waals surface area contributed by atoms with Crippen LogP contribution in [0.25, 0.3) is 0 Å². The summed E-state index contributed by atoms with van der Waals surface area (Å²) >= 11 is 0. The number of ether oxygens (including phenoxy) is 1. The van der Waals surface area contributed by atoms with E-state index >= 15 is 0 Å². The normalized spacial score (nSPS) is 22.9. The van der Waals surface area contributed by atoms with E-state index in [4.69, 9.17) is 4.74 Å². The molecule has 1 N–H and O–H groups in total. The van der Waals surface area contributed by atoms with Crippen molar-refractivity contribution in [3.8, 4) is 0 Å². The lowest BCUT2D eigenvalue weighted by molar-refractivity contribution is -0.131. The van der Waals surface area contributed by atoms with Crippen molar-refractivity contribution in [2.75, 3.05) is 20.3 Å². The van der Waals surface area contributed by atoms with Gasteiger partial charge in [0.05, 0.1) is 12.6 Å². The van der Waals surface area contributed by atoms with E-state index in [0.717, 1.165) is 0 Å². The van der Waals surface area contributed by atoms with Crippen LogP contribution in [0.5, 0.6) is 0 Å². The number of hydrogen-bond donors (Lipinski definition) is 1. The van der Waals surface area contributed by atoms with Gasteiger partial charge >= 0.3 is 0 Å². The third-order valence-corrected chi connectivity index (χ3v) is 3.60. The van der Waals surface area contributed by atoms with Crippen molar-refractivity contribution in [3.05, 3.63) is 35.6 Å². The molecule has 20 heavy (non-hydrogen) atoms. The molecule has 4 nitrogen and oxygen atoms in total. The highest BCUT2D eigenvalue weighted by atomic mass is 19.1. The minimum Gasteiger partial charge on any atom is -0.383 e. The van der Waals surface area contributed by atoms with Crippen LogP contribution >= 0.6 is 0 Å². The fourth-order valence-electron chi connectivity index (χ4n) is 2.50. The number of nitrogens with one attached hydrogen (secondary N) is 1. The van der Waals surface area contributed by atoms with Crippen LogP contribution < -0.4 is 5.32 Å². The van der Waals surface area contributed by atoms with E-state index in [1.165, 1.54) is 6.07 Å². The van der Waals surface area contributed by atoms with Crippen LogP contribution in [0.2, 0.25) is 0 Å². The molecule has 0 aliphatic carbocycles. The topological polar surface area (TPSA) is 41.6 Å². The van der Waals surface area contributed by atoms with Crippen molar-refractivity contribution < 1.29 is 13.9 Å². The van der Waals surface area contributed by atoms with Gasteiger partial charge in [0.1, 0.15) is 12.0 Å². The highest BCUT2D eigenvalue weighted by molar-refractivity contribution is 5.84. The SMILES string of the molecule is COCCN1C(=O)C(C(C)C)NC1c1ccccc1F. The Bertz CT molecular complexity index is 479. The first-order chi connectivity index (χ1) is 9.56. The van der Waals surface area contributed by atoms with Gasteiger partial charge in [-0.3, -0.25) is 10.1 Å². The highest BCUT2D eigenvalue weighted by Gasteiger charge is 2.41. The van der Waals surface area contributed by atoms with E-state index in [9.17, 15) is 9.18 Å². The van der Waals surface area contributed by atoms with Crippen molar-refractivity contribution in [3.63, 3.8) is 0 Å². The number of halogens is 1. The molecule has 0 bridgehead atoms. The summed E-state index contributed by atoms with van der Waals surface area (Å²) in [4.78, 5) is 14.1. The maximum absolute atomic E-state index is 14.0. The Hall–Kier alpha value is -1.46. The number of carbonyl (C=O) groups is 1. The van der Waals surface area contributed by atoms with Crippen LogP contribution in [0.1, 0.15) is 25.6 Å². The average Bonchev–Trinajstić information content (AvgIpc) is 2.74. The van der Waals surface area contributed by atoms with Gasteiger partial charge in [-0.05, 0) is 12.0 Å². The molecule has 1 aromatic rings. The summed E-state index contributed by atoms with van der Waals surface area (Å²) in [6.45, 7) is 4.84. The van der Waals surface area contributed by atoms with Crippen molar-refractivity contribution in [2.24, 2.45) is 5.92 Å². The molecule has 2 unspecified atom stereocenters. The number of amides is 1. The lowest BCUT2D eigenvalue weighted by atomic mass is 10.1. The largest absolute Gasteiger partial charge is 0.383 e.